The Labute approximate surface area is 216 Å². The summed E-state index contributed by atoms with van der Waals surface area (Å²) in [5.74, 6) is 0. The lowest BCUT2D eigenvalue weighted by Gasteiger charge is -2.09. The monoisotopic (exact) mass is 494 g/mol. The molecule has 0 radical (unpaired) electrons. The molecule has 2 heterocycles. The van der Waals surface area contributed by atoms with Crippen LogP contribution in [0.5, 0.6) is 0 Å². The minimum atomic E-state index is 1.23. The fourth-order valence-electron chi connectivity index (χ4n) is 5.75. The van der Waals surface area contributed by atoms with Crippen molar-refractivity contribution in [2.45, 2.75) is 71.1 Å². The Balaban J connectivity index is 1.23. The maximum absolute atomic E-state index is 2.45. The number of thiophene rings is 2. The summed E-state index contributed by atoms with van der Waals surface area (Å²) >= 11 is 3.87. The molecule has 2 heteroatoms. The normalized spacial score (nSPS) is 12.1. The van der Waals surface area contributed by atoms with Gasteiger partial charge in [-0.1, -0.05) is 107 Å². The fraction of sp³-hybridized carbons (Fsp3) is 0.333. The molecule has 0 unspecified atom stereocenters. The Morgan fingerprint density at radius 2 is 1.06 bits per heavy atom. The molecule has 0 atom stereocenters. The van der Waals surface area contributed by atoms with Crippen molar-refractivity contribution < 1.29 is 0 Å². The fourth-order valence-corrected chi connectivity index (χ4v) is 7.90. The predicted molar refractivity (Wildman–Crippen MR) is 161 cm³/mol. The lowest BCUT2D eigenvalue weighted by atomic mass is 9.96. The lowest BCUT2D eigenvalue weighted by Crippen LogP contribution is -1.83. The molecule has 178 valence electrons. The Kier molecular flexibility index (Phi) is 6.76. The number of rotatable bonds is 10. The summed E-state index contributed by atoms with van der Waals surface area (Å²) in [6, 6.07) is 23.4. The molecule has 6 rings (SSSR count). The van der Waals surface area contributed by atoms with E-state index >= 15 is 0 Å². The third-order valence-electron chi connectivity index (χ3n) is 7.67. The van der Waals surface area contributed by atoms with Gasteiger partial charge >= 0.3 is 0 Å². The minimum absolute atomic E-state index is 1.23. The van der Waals surface area contributed by atoms with Crippen molar-refractivity contribution >= 4 is 75.2 Å². The zero-order chi connectivity index (χ0) is 23.6. The quantitative estimate of drug-likeness (QED) is 0.131. The maximum atomic E-state index is 2.45. The summed E-state index contributed by atoms with van der Waals surface area (Å²) in [6.45, 7) is 2.29. The molecular weight excluding hydrogens is 460 g/mol. The van der Waals surface area contributed by atoms with Crippen LogP contribution < -0.4 is 0 Å². The van der Waals surface area contributed by atoms with Gasteiger partial charge in [-0.05, 0) is 62.7 Å². The Hall–Kier alpha value is -2.42. The van der Waals surface area contributed by atoms with E-state index in [-0.39, 0.29) is 0 Å². The Bertz CT molecular complexity index is 1610. The number of unbranched alkanes of at least 4 members (excludes halogenated alkanes) is 8. The van der Waals surface area contributed by atoms with Crippen LogP contribution in [0.2, 0.25) is 0 Å². The Morgan fingerprint density at radius 3 is 1.77 bits per heavy atom. The van der Waals surface area contributed by atoms with E-state index in [2.05, 4.69) is 73.0 Å². The van der Waals surface area contributed by atoms with E-state index in [1.165, 1.54) is 117 Å². The average Bonchev–Trinajstić information content (AvgIpc) is 3.54. The first-order valence-electron chi connectivity index (χ1n) is 13.5. The highest BCUT2D eigenvalue weighted by Crippen LogP contribution is 2.40. The van der Waals surface area contributed by atoms with Crippen LogP contribution in [0.3, 0.4) is 0 Å². The molecule has 35 heavy (non-hydrogen) atoms. The van der Waals surface area contributed by atoms with Gasteiger partial charge in [-0.2, -0.15) is 0 Å². The molecule has 2 aromatic heterocycles. The molecule has 0 bridgehead atoms. The van der Waals surface area contributed by atoms with Crippen LogP contribution in [0.1, 0.15) is 69.6 Å². The maximum Gasteiger partial charge on any atom is 0.0424 e. The van der Waals surface area contributed by atoms with Crippen LogP contribution in [-0.2, 0) is 6.42 Å². The summed E-state index contributed by atoms with van der Waals surface area (Å²) in [5.41, 5.74) is 0. The van der Waals surface area contributed by atoms with Gasteiger partial charge in [0.2, 0.25) is 0 Å². The van der Waals surface area contributed by atoms with Crippen LogP contribution in [-0.4, -0.2) is 0 Å². The summed E-state index contributed by atoms with van der Waals surface area (Å²) in [6.07, 6.45) is 13.8. The molecule has 0 saturated heterocycles. The molecule has 0 spiro atoms. The van der Waals surface area contributed by atoms with Crippen molar-refractivity contribution in [3.63, 3.8) is 0 Å². The molecule has 6 aromatic rings. The standard InChI is InChI=1S/C33H34S2/c1-2-3-4-5-6-7-8-9-10-11-25-22-24-13-15-29-27-16-18-30-28(14-12-23-20-21-34-32(23)30)26(27)17-19-31(29)33(24)35-25/h12-22H,2-11H2,1H3. The van der Waals surface area contributed by atoms with Gasteiger partial charge in [0.1, 0.15) is 0 Å². The second kappa shape index (κ2) is 10.3. The third kappa shape index (κ3) is 4.47. The minimum Gasteiger partial charge on any atom is -0.143 e. The summed E-state index contributed by atoms with van der Waals surface area (Å²) in [4.78, 5) is 1.55. The van der Waals surface area contributed by atoms with Gasteiger partial charge in [0.25, 0.3) is 0 Å². The van der Waals surface area contributed by atoms with Crippen molar-refractivity contribution in [3.05, 3.63) is 70.9 Å². The topological polar surface area (TPSA) is 0 Å². The molecule has 0 nitrogen and oxygen atoms in total. The number of aryl methyl sites for hydroxylation is 1. The van der Waals surface area contributed by atoms with Gasteiger partial charge in [0.05, 0.1) is 0 Å². The highest BCUT2D eigenvalue weighted by molar-refractivity contribution is 7.20. The second-order valence-corrected chi connectivity index (χ2v) is 12.1. The molecule has 0 N–H and O–H groups in total. The van der Waals surface area contributed by atoms with Gasteiger partial charge in [0.15, 0.2) is 0 Å². The highest BCUT2D eigenvalue weighted by Gasteiger charge is 2.11. The number of benzene rings is 4. The van der Waals surface area contributed by atoms with Crippen molar-refractivity contribution in [2.24, 2.45) is 0 Å². The van der Waals surface area contributed by atoms with Crippen LogP contribution >= 0.6 is 22.7 Å². The third-order valence-corrected chi connectivity index (χ3v) is 9.87. The van der Waals surface area contributed by atoms with Crippen LogP contribution in [0.15, 0.2) is 66.0 Å². The van der Waals surface area contributed by atoms with E-state index in [0.717, 1.165) is 0 Å². The Morgan fingerprint density at radius 1 is 0.514 bits per heavy atom. The van der Waals surface area contributed by atoms with E-state index in [1.807, 2.05) is 22.7 Å². The van der Waals surface area contributed by atoms with Crippen molar-refractivity contribution in [2.75, 3.05) is 0 Å². The molecule has 0 aliphatic heterocycles. The molecule has 0 fully saturated rings. The van der Waals surface area contributed by atoms with Crippen molar-refractivity contribution in [1.82, 2.24) is 0 Å². The van der Waals surface area contributed by atoms with E-state index in [0.29, 0.717) is 0 Å². The summed E-state index contributed by atoms with van der Waals surface area (Å²) in [5, 5.41) is 13.3. The number of hydrogen-bond acceptors (Lipinski definition) is 2. The van der Waals surface area contributed by atoms with Gasteiger partial charge in [-0.25, -0.2) is 0 Å². The van der Waals surface area contributed by atoms with Gasteiger partial charge in [-0.15, -0.1) is 22.7 Å². The molecule has 4 aromatic carbocycles. The smallest absolute Gasteiger partial charge is 0.0424 e. The second-order valence-electron chi connectivity index (χ2n) is 10.1. The highest BCUT2D eigenvalue weighted by atomic mass is 32.1. The van der Waals surface area contributed by atoms with Gasteiger partial charge < -0.3 is 0 Å². The number of hydrogen-bond donors (Lipinski definition) is 0. The first-order chi connectivity index (χ1) is 17.3. The van der Waals surface area contributed by atoms with Gasteiger partial charge in [-0.3, -0.25) is 0 Å². The first-order valence-corrected chi connectivity index (χ1v) is 15.2. The van der Waals surface area contributed by atoms with E-state index in [4.69, 9.17) is 0 Å². The average molecular weight is 495 g/mol. The number of fused-ring (bicyclic) bond motifs is 9. The van der Waals surface area contributed by atoms with Crippen molar-refractivity contribution in [1.29, 1.82) is 0 Å². The summed E-state index contributed by atoms with van der Waals surface area (Å²) in [7, 11) is 0. The lowest BCUT2D eigenvalue weighted by molar-refractivity contribution is 0.565. The van der Waals surface area contributed by atoms with Crippen LogP contribution in [0.4, 0.5) is 0 Å². The molecule has 0 saturated carbocycles. The molecular formula is C33H34S2. The summed E-state index contributed by atoms with van der Waals surface area (Å²) < 4.78 is 2.86. The largest absolute Gasteiger partial charge is 0.143 e. The van der Waals surface area contributed by atoms with E-state index < -0.39 is 0 Å². The molecule has 0 aliphatic carbocycles. The molecule has 0 amide bonds. The van der Waals surface area contributed by atoms with E-state index in [1.54, 1.807) is 4.88 Å². The van der Waals surface area contributed by atoms with Gasteiger partial charge in [0, 0.05) is 25.0 Å². The molecule has 0 aliphatic rings. The predicted octanol–water partition coefficient (Wildman–Crippen LogP) is 11.6. The van der Waals surface area contributed by atoms with Crippen molar-refractivity contribution in [3.8, 4) is 0 Å². The van der Waals surface area contributed by atoms with Crippen LogP contribution in [0, 0.1) is 0 Å². The van der Waals surface area contributed by atoms with E-state index in [9.17, 15) is 0 Å². The SMILES string of the molecule is CCCCCCCCCCCc1cc2ccc3c4ccc5c(ccc6ccsc65)c4ccc3c2s1. The zero-order valence-electron chi connectivity index (χ0n) is 20.7. The zero-order valence-corrected chi connectivity index (χ0v) is 22.4. The first kappa shape index (κ1) is 23.0. The van der Waals surface area contributed by atoms with Crippen LogP contribution in [0.25, 0.3) is 52.5 Å².